The Bertz CT molecular complexity index is 1200. The van der Waals surface area contributed by atoms with Gasteiger partial charge in [0.25, 0.3) is 5.56 Å². The van der Waals surface area contributed by atoms with Crippen LogP contribution < -0.4 is 19.6 Å². The topological polar surface area (TPSA) is 65.7 Å². The lowest BCUT2D eigenvalue weighted by molar-refractivity contribution is 0.340. The van der Waals surface area contributed by atoms with Gasteiger partial charge < -0.3 is 9.47 Å². The number of fused-ring (bicyclic) bond motifs is 1. The SMILES string of the molecule is CCOc1ccc(-c2nc3sc(=Cc4ccccc4OC)c(=O)n3n2)cc1. The summed E-state index contributed by atoms with van der Waals surface area (Å²) in [7, 11) is 1.61. The molecule has 2 heterocycles. The summed E-state index contributed by atoms with van der Waals surface area (Å²) >= 11 is 1.31. The molecule has 2 aromatic heterocycles. The van der Waals surface area contributed by atoms with Gasteiger partial charge in [-0.1, -0.05) is 29.5 Å². The highest BCUT2D eigenvalue weighted by molar-refractivity contribution is 7.15. The second kappa shape index (κ2) is 7.20. The Hall–Kier alpha value is -3.19. The molecule has 136 valence electrons. The Morgan fingerprint density at radius 2 is 1.93 bits per heavy atom. The molecular formula is C20H17N3O3S. The molecule has 0 unspecified atom stereocenters. The smallest absolute Gasteiger partial charge is 0.291 e. The van der Waals surface area contributed by atoms with Crippen LogP contribution in [-0.4, -0.2) is 28.3 Å². The molecule has 0 aliphatic heterocycles. The molecular weight excluding hydrogens is 362 g/mol. The molecule has 0 spiro atoms. The van der Waals surface area contributed by atoms with Crippen LogP contribution >= 0.6 is 11.3 Å². The van der Waals surface area contributed by atoms with Gasteiger partial charge in [-0.2, -0.15) is 9.50 Å². The first-order chi connectivity index (χ1) is 13.2. The second-order valence-corrected chi connectivity index (χ2v) is 6.75. The number of para-hydroxylation sites is 1. The van der Waals surface area contributed by atoms with Gasteiger partial charge in [-0.15, -0.1) is 5.10 Å². The van der Waals surface area contributed by atoms with Gasteiger partial charge in [0.05, 0.1) is 18.2 Å². The highest BCUT2D eigenvalue weighted by Gasteiger charge is 2.12. The summed E-state index contributed by atoms with van der Waals surface area (Å²) in [4.78, 5) is 17.8. The monoisotopic (exact) mass is 379 g/mol. The summed E-state index contributed by atoms with van der Waals surface area (Å²) in [6.07, 6.45) is 1.80. The van der Waals surface area contributed by atoms with Crippen molar-refractivity contribution in [3.05, 3.63) is 69.0 Å². The maximum Gasteiger partial charge on any atom is 0.291 e. The minimum absolute atomic E-state index is 0.189. The molecule has 4 rings (SSSR count). The summed E-state index contributed by atoms with van der Waals surface area (Å²) in [6.45, 7) is 2.55. The number of methoxy groups -OCH3 is 1. The number of hydrogen-bond acceptors (Lipinski definition) is 6. The van der Waals surface area contributed by atoms with Gasteiger partial charge in [-0.3, -0.25) is 4.79 Å². The van der Waals surface area contributed by atoms with E-state index in [0.29, 0.717) is 27.7 Å². The summed E-state index contributed by atoms with van der Waals surface area (Å²) in [6, 6.07) is 15.1. The number of ether oxygens (including phenoxy) is 2. The fourth-order valence-electron chi connectivity index (χ4n) is 2.75. The van der Waals surface area contributed by atoms with Crippen LogP contribution in [0.1, 0.15) is 12.5 Å². The third-order valence-corrected chi connectivity index (χ3v) is 4.99. The molecule has 0 fully saturated rings. The summed E-state index contributed by atoms with van der Waals surface area (Å²) in [5.74, 6) is 2.02. The van der Waals surface area contributed by atoms with Gasteiger partial charge in [0.2, 0.25) is 4.96 Å². The molecule has 0 saturated carbocycles. The lowest BCUT2D eigenvalue weighted by Gasteiger charge is -2.02. The number of thiazole rings is 1. The van der Waals surface area contributed by atoms with E-state index in [1.807, 2.05) is 55.5 Å². The van der Waals surface area contributed by atoms with Crippen LogP contribution in [0.25, 0.3) is 22.4 Å². The zero-order valence-electron chi connectivity index (χ0n) is 14.9. The van der Waals surface area contributed by atoms with Crippen LogP contribution in [0.3, 0.4) is 0 Å². The third-order valence-electron chi connectivity index (χ3n) is 4.03. The van der Waals surface area contributed by atoms with Crippen molar-refractivity contribution in [2.75, 3.05) is 13.7 Å². The molecule has 27 heavy (non-hydrogen) atoms. The number of benzene rings is 2. The van der Waals surface area contributed by atoms with E-state index in [1.165, 1.54) is 15.9 Å². The molecule has 0 aliphatic carbocycles. The predicted molar refractivity (Wildman–Crippen MR) is 106 cm³/mol. The summed E-state index contributed by atoms with van der Waals surface area (Å²) in [5.41, 5.74) is 1.49. The van der Waals surface area contributed by atoms with Crippen molar-refractivity contribution in [1.29, 1.82) is 0 Å². The molecule has 0 N–H and O–H groups in total. The van der Waals surface area contributed by atoms with Crippen LogP contribution in [0.2, 0.25) is 0 Å². The first-order valence-corrected chi connectivity index (χ1v) is 9.29. The van der Waals surface area contributed by atoms with E-state index in [2.05, 4.69) is 10.1 Å². The Morgan fingerprint density at radius 3 is 2.63 bits per heavy atom. The van der Waals surface area contributed by atoms with Crippen molar-refractivity contribution in [2.24, 2.45) is 0 Å². The van der Waals surface area contributed by atoms with E-state index in [9.17, 15) is 4.79 Å². The van der Waals surface area contributed by atoms with E-state index in [4.69, 9.17) is 9.47 Å². The van der Waals surface area contributed by atoms with Crippen molar-refractivity contribution in [2.45, 2.75) is 6.92 Å². The van der Waals surface area contributed by atoms with Crippen molar-refractivity contribution in [3.8, 4) is 22.9 Å². The maximum atomic E-state index is 12.7. The van der Waals surface area contributed by atoms with Crippen molar-refractivity contribution >= 4 is 22.4 Å². The third kappa shape index (κ3) is 3.29. The lowest BCUT2D eigenvalue weighted by Crippen LogP contribution is -2.23. The molecule has 0 bridgehead atoms. The number of aromatic nitrogens is 3. The van der Waals surface area contributed by atoms with E-state index in [-0.39, 0.29) is 5.56 Å². The molecule has 0 saturated heterocycles. The highest BCUT2D eigenvalue weighted by atomic mass is 32.1. The second-order valence-electron chi connectivity index (χ2n) is 5.74. The molecule has 0 atom stereocenters. The quantitative estimate of drug-likeness (QED) is 0.533. The highest BCUT2D eigenvalue weighted by Crippen LogP contribution is 2.21. The van der Waals surface area contributed by atoms with Gasteiger partial charge in [0.15, 0.2) is 5.82 Å². The van der Waals surface area contributed by atoms with Crippen molar-refractivity contribution < 1.29 is 9.47 Å². The van der Waals surface area contributed by atoms with Gasteiger partial charge >= 0.3 is 0 Å². The molecule has 2 aromatic carbocycles. The Labute approximate surface area is 159 Å². The molecule has 7 heteroatoms. The van der Waals surface area contributed by atoms with Crippen molar-refractivity contribution in [3.63, 3.8) is 0 Å². The van der Waals surface area contributed by atoms with E-state index >= 15 is 0 Å². The lowest BCUT2D eigenvalue weighted by atomic mass is 10.2. The summed E-state index contributed by atoms with van der Waals surface area (Å²) < 4.78 is 12.7. The number of rotatable bonds is 5. The Balaban J connectivity index is 1.73. The average molecular weight is 379 g/mol. The van der Waals surface area contributed by atoms with E-state index in [0.717, 1.165) is 16.9 Å². The predicted octanol–water partition coefficient (Wildman–Crippen LogP) is 2.77. The van der Waals surface area contributed by atoms with Crippen LogP contribution in [-0.2, 0) is 0 Å². The minimum Gasteiger partial charge on any atom is -0.496 e. The molecule has 4 aromatic rings. The first kappa shape index (κ1) is 17.2. The maximum absolute atomic E-state index is 12.7. The van der Waals surface area contributed by atoms with E-state index in [1.54, 1.807) is 13.2 Å². The molecule has 6 nitrogen and oxygen atoms in total. The van der Waals surface area contributed by atoms with Crippen LogP contribution in [0.15, 0.2) is 53.3 Å². The van der Waals surface area contributed by atoms with Crippen LogP contribution in [0, 0.1) is 0 Å². The fraction of sp³-hybridized carbons (Fsp3) is 0.150. The molecule has 0 aliphatic rings. The van der Waals surface area contributed by atoms with Crippen LogP contribution in [0.4, 0.5) is 0 Å². The first-order valence-electron chi connectivity index (χ1n) is 8.47. The van der Waals surface area contributed by atoms with Gasteiger partial charge in [0, 0.05) is 11.1 Å². The summed E-state index contributed by atoms with van der Waals surface area (Å²) in [5, 5.41) is 4.37. The number of hydrogen-bond donors (Lipinski definition) is 0. The zero-order chi connectivity index (χ0) is 18.8. The Morgan fingerprint density at radius 1 is 1.15 bits per heavy atom. The fourth-order valence-corrected chi connectivity index (χ4v) is 3.65. The number of nitrogens with zero attached hydrogens (tertiary/aromatic N) is 3. The zero-order valence-corrected chi connectivity index (χ0v) is 15.7. The normalized spacial score (nSPS) is 11.9. The van der Waals surface area contributed by atoms with Gasteiger partial charge in [0.1, 0.15) is 11.5 Å². The van der Waals surface area contributed by atoms with Gasteiger partial charge in [-0.05, 0) is 43.3 Å². The standard InChI is InChI=1S/C20H17N3O3S/c1-3-26-15-10-8-13(9-11-15)18-21-20-23(22-18)19(24)17(27-20)12-14-6-4-5-7-16(14)25-2/h4-12H,3H2,1-2H3. The minimum atomic E-state index is -0.189. The van der Waals surface area contributed by atoms with Crippen LogP contribution in [0.5, 0.6) is 11.5 Å². The average Bonchev–Trinajstić information content (AvgIpc) is 3.23. The Kier molecular flexibility index (Phi) is 4.60. The molecule has 0 amide bonds. The van der Waals surface area contributed by atoms with Gasteiger partial charge in [-0.25, -0.2) is 0 Å². The van der Waals surface area contributed by atoms with E-state index < -0.39 is 0 Å². The van der Waals surface area contributed by atoms with Crippen molar-refractivity contribution in [1.82, 2.24) is 14.6 Å². The largest absolute Gasteiger partial charge is 0.496 e. The molecule has 0 radical (unpaired) electrons.